The zero-order chi connectivity index (χ0) is 22.4. The van der Waals surface area contributed by atoms with Gasteiger partial charge in [-0.3, -0.25) is 10.1 Å². The van der Waals surface area contributed by atoms with Gasteiger partial charge in [-0.2, -0.15) is 0 Å². The molecule has 2 aromatic carbocycles. The summed E-state index contributed by atoms with van der Waals surface area (Å²) in [6.07, 6.45) is 3.08. The molecule has 3 amide bonds. The lowest BCUT2D eigenvalue weighted by Crippen LogP contribution is -2.35. The molecule has 1 saturated carbocycles. The second-order valence-electron chi connectivity index (χ2n) is 8.62. The number of nitrogens with one attached hydrogen (secondary N) is 2. The molecule has 1 aliphatic rings. The van der Waals surface area contributed by atoms with Crippen molar-refractivity contribution in [2.45, 2.75) is 46.1 Å². The van der Waals surface area contributed by atoms with Gasteiger partial charge in [-0.25, -0.2) is 9.59 Å². The number of hydrogen-bond acceptors (Lipinski definition) is 4. The summed E-state index contributed by atoms with van der Waals surface area (Å²) in [4.78, 5) is 36.8. The molecule has 0 radical (unpaired) electrons. The molecule has 31 heavy (non-hydrogen) atoms. The summed E-state index contributed by atoms with van der Waals surface area (Å²) < 4.78 is 5.86. The minimum absolute atomic E-state index is 0.0659. The van der Waals surface area contributed by atoms with Gasteiger partial charge >= 0.3 is 12.0 Å². The molecule has 6 heteroatoms. The molecule has 0 bridgehead atoms. The van der Waals surface area contributed by atoms with Gasteiger partial charge in [-0.1, -0.05) is 45.4 Å². The second kappa shape index (κ2) is 10.2. The van der Waals surface area contributed by atoms with E-state index in [1.165, 1.54) is 6.42 Å². The molecule has 3 atom stereocenters. The van der Waals surface area contributed by atoms with Gasteiger partial charge in [0.1, 0.15) is 6.10 Å². The standard InChI is InChI=1S/C25H30N2O4/c1-16(2)21-14-9-17(3)15-22(21)31-24(29)19-10-12-20(13-11-19)26-25(30)27-23(28)18-7-5-4-6-8-18/h4-8,10-13,16-17,21-22H,9,14-15H2,1-3H3,(H2,26,27,28,30). The van der Waals surface area contributed by atoms with Crippen molar-refractivity contribution in [1.29, 1.82) is 0 Å². The predicted octanol–water partition coefficient (Wildman–Crippen LogP) is 5.27. The molecule has 164 valence electrons. The number of anilines is 1. The highest BCUT2D eigenvalue weighted by atomic mass is 16.5. The number of carbonyl (C=O) groups excluding carboxylic acids is 3. The first-order valence-electron chi connectivity index (χ1n) is 10.8. The largest absolute Gasteiger partial charge is 0.458 e. The first kappa shape index (κ1) is 22.5. The number of benzene rings is 2. The molecule has 0 spiro atoms. The normalized spacial score (nSPS) is 20.7. The van der Waals surface area contributed by atoms with Crippen molar-refractivity contribution in [3.63, 3.8) is 0 Å². The van der Waals surface area contributed by atoms with Crippen LogP contribution >= 0.6 is 0 Å². The van der Waals surface area contributed by atoms with Crippen molar-refractivity contribution in [2.24, 2.45) is 17.8 Å². The van der Waals surface area contributed by atoms with E-state index in [4.69, 9.17) is 4.74 Å². The molecule has 3 rings (SSSR count). The van der Waals surface area contributed by atoms with E-state index in [1.807, 2.05) is 0 Å². The number of ether oxygens (including phenoxy) is 1. The SMILES string of the molecule is CC1CCC(C(C)C)C(OC(=O)c2ccc(NC(=O)NC(=O)c3ccccc3)cc2)C1. The Kier molecular flexibility index (Phi) is 7.45. The van der Waals surface area contributed by atoms with Gasteiger partial charge in [0.2, 0.25) is 0 Å². The Morgan fingerprint density at radius 1 is 0.935 bits per heavy atom. The summed E-state index contributed by atoms with van der Waals surface area (Å²) >= 11 is 0. The molecule has 0 aliphatic heterocycles. The van der Waals surface area contributed by atoms with Gasteiger partial charge in [0.15, 0.2) is 0 Å². The smallest absolute Gasteiger partial charge is 0.338 e. The van der Waals surface area contributed by atoms with Crippen LogP contribution in [0.15, 0.2) is 54.6 Å². The lowest BCUT2D eigenvalue weighted by atomic mass is 9.75. The van der Waals surface area contributed by atoms with E-state index >= 15 is 0 Å². The monoisotopic (exact) mass is 422 g/mol. The minimum atomic E-state index is -0.639. The van der Waals surface area contributed by atoms with Gasteiger partial charge in [0.05, 0.1) is 5.56 Å². The zero-order valence-corrected chi connectivity index (χ0v) is 18.3. The van der Waals surface area contributed by atoms with E-state index < -0.39 is 11.9 Å². The van der Waals surface area contributed by atoms with Gasteiger partial charge in [0, 0.05) is 11.3 Å². The molecule has 1 fully saturated rings. The van der Waals surface area contributed by atoms with Crippen LogP contribution in [-0.4, -0.2) is 24.0 Å². The topological polar surface area (TPSA) is 84.5 Å². The van der Waals surface area contributed by atoms with Gasteiger partial charge in [-0.15, -0.1) is 0 Å². The Bertz CT molecular complexity index is 909. The minimum Gasteiger partial charge on any atom is -0.458 e. The molecule has 6 nitrogen and oxygen atoms in total. The third-order valence-electron chi connectivity index (χ3n) is 5.86. The summed E-state index contributed by atoms with van der Waals surface area (Å²) in [7, 11) is 0. The van der Waals surface area contributed by atoms with Crippen LogP contribution < -0.4 is 10.6 Å². The fraction of sp³-hybridized carbons (Fsp3) is 0.400. The molecule has 2 aromatic rings. The molecule has 0 aromatic heterocycles. The van der Waals surface area contributed by atoms with Crippen LogP contribution in [0.4, 0.5) is 10.5 Å². The van der Waals surface area contributed by atoms with Crippen molar-refractivity contribution in [2.75, 3.05) is 5.32 Å². The highest BCUT2D eigenvalue weighted by molar-refractivity contribution is 6.08. The molecular formula is C25H30N2O4. The number of hydrogen-bond donors (Lipinski definition) is 2. The third-order valence-corrected chi connectivity index (χ3v) is 5.86. The number of esters is 1. The summed E-state index contributed by atoms with van der Waals surface area (Å²) in [5.74, 6) is 0.567. The van der Waals surface area contributed by atoms with Crippen LogP contribution in [0.1, 0.15) is 60.7 Å². The van der Waals surface area contributed by atoms with Gasteiger partial charge in [-0.05, 0) is 67.0 Å². The summed E-state index contributed by atoms with van der Waals surface area (Å²) in [6, 6.07) is 14.3. The fourth-order valence-corrected chi connectivity index (χ4v) is 4.07. The lowest BCUT2D eigenvalue weighted by molar-refractivity contribution is -0.0174. The zero-order valence-electron chi connectivity index (χ0n) is 18.3. The average Bonchev–Trinajstić information content (AvgIpc) is 2.74. The van der Waals surface area contributed by atoms with E-state index in [0.717, 1.165) is 12.8 Å². The fourth-order valence-electron chi connectivity index (χ4n) is 4.07. The number of carbonyl (C=O) groups is 3. The Morgan fingerprint density at radius 2 is 1.61 bits per heavy atom. The van der Waals surface area contributed by atoms with Crippen molar-refractivity contribution in [3.05, 3.63) is 65.7 Å². The quantitative estimate of drug-likeness (QED) is 0.643. The van der Waals surface area contributed by atoms with E-state index in [1.54, 1.807) is 54.6 Å². The van der Waals surface area contributed by atoms with Crippen LogP contribution in [-0.2, 0) is 4.74 Å². The second-order valence-corrected chi connectivity index (χ2v) is 8.62. The number of amides is 3. The molecule has 1 aliphatic carbocycles. The first-order valence-corrected chi connectivity index (χ1v) is 10.8. The third kappa shape index (κ3) is 6.17. The van der Waals surface area contributed by atoms with E-state index in [-0.39, 0.29) is 12.1 Å². The maximum Gasteiger partial charge on any atom is 0.338 e. The van der Waals surface area contributed by atoms with Crippen LogP contribution in [0.25, 0.3) is 0 Å². The van der Waals surface area contributed by atoms with Crippen LogP contribution in [0.3, 0.4) is 0 Å². The Labute approximate surface area is 183 Å². The van der Waals surface area contributed by atoms with Crippen molar-refractivity contribution in [3.8, 4) is 0 Å². The maximum absolute atomic E-state index is 12.7. The summed E-state index contributed by atoms with van der Waals surface area (Å²) in [5.41, 5.74) is 1.31. The van der Waals surface area contributed by atoms with Crippen molar-refractivity contribution in [1.82, 2.24) is 5.32 Å². The summed E-state index contributed by atoms with van der Waals surface area (Å²) in [6.45, 7) is 6.55. The van der Waals surface area contributed by atoms with Crippen molar-refractivity contribution < 1.29 is 19.1 Å². The van der Waals surface area contributed by atoms with Gasteiger partial charge in [0.25, 0.3) is 5.91 Å². The Balaban J connectivity index is 1.56. The molecule has 2 N–H and O–H groups in total. The van der Waals surface area contributed by atoms with Crippen molar-refractivity contribution >= 4 is 23.6 Å². The number of imide groups is 1. The first-order chi connectivity index (χ1) is 14.8. The van der Waals surface area contributed by atoms with Gasteiger partial charge < -0.3 is 10.1 Å². The van der Waals surface area contributed by atoms with E-state index in [9.17, 15) is 14.4 Å². The molecule has 0 heterocycles. The van der Waals surface area contributed by atoms with E-state index in [0.29, 0.717) is 34.6 Å². The Hall–Kier alpha value is -3.15. The highest BCUT2D eigenvalue weighted by Gasteiger charge is 2.33. The summed E-state index contributed by atoms with van der Waals surface area (Å²) in [5, 5.41) is 4.87. The Morgan fingerprint density at radius 3 is 2.26 bits per heavy atom. The van der Waals surface area contributed by atoms with Crippen LogP contribution in [0, 0.1) is 17.8 Å². The lowest BCUT2D eigenvalue weighted by Gasteiger charge is -2.36. The van der Waals surface area contributed by atoms with Crippen LogP contribution in [0.5, 0.6) is 0 Å². The number of rotatable bonds is 5. The molecule has 0 saturated heterocycles. The number of urea groups is 1. The average molecular weight is 423 g/mol. The maximum atomic E-state index is 12.7. The van der Waals surface area contributed by atoms with Crippen LogP contribution in [0.2, 0.25) is 0 Å². The van der Waals surface area contributed by atoms with E-state index in [2.05, 4.69) is 31.4 Å². The predicted molar refractivity (Wildman–Crippen MR) is 120 cm³/mol. The molecule has 3 unspecified atom stereocenters. The highest BCUT2D eigenvalue weighted by Crippen LogP contribution is 2.35. The molecular weight excluding hydrogens is 392 g/mol.